The van der Waals surface area contributed by atoms with Crippen LogP contribution in [-0.4, -0.2) is 90.1 Å². The molecule has 0 radical (unpaired) electrons. The van der Waals surface area contributed by atoms with E-state index >= 15 is 4.79 Å². The molecule has 55 heavy (non-hydrogen) atoms. The van der Waals surface area contributed by atoms with Crippen LogP contribution in [0.4, 0.5) is 4.79 Å². The number of amides is 5. The predicted molar refractivity (Wildman–Crippen MR) is 212 cm³/mol. The Morgan fingerprint density at radius 1 is 0.909 bits per heavy atom. The van der Waals surface area contributed by atoms with Crippen LogP contribution in [0.1, 0.15) is 144 Å². The number of rotatable bonds is 16. The molecule has 5 fully saturated rings. The largest absolute Gasteiger partial charge is 0.348 e. The molecule has 1 saturated heterocycles. The van der Waals surface area contributed by atoms with Gasteiger partial charge in [-0.15, -0.1) is 12.3 Å². The number of terminal acetylenes is 1. The van der Waals surface area contributed by atoms with E-state index in [0.717, 1.165) is 57.8 Å². The summed E-state index contributed by atoms with van der Waals surface area (Å²) in [5, 5.41) is 11.7. The van der Waals surface area contributed by atoms with Crippen molar-refractivity contribution in [2.75, 3.05) is 18.8 Å². The van der Waals surface area contributed by atoms with Gasteiger partial charge in [-0.3, -0.25) is 19.2 Å². The van der Waals surface area contributed by atoms with Gasteiger partial charge in [0.1, 0.15) is 12.1 Å². The van der Waals surface area contributed by atoms with E-state index in [0.29, 0.717) is 45.1 Å². The average molecular weight is 786 g/mol. The first-order valence-corrected chi connectivity index (χ1v) is 22.6. The van der Waals surface area contributed by atoms with Gasteiger partial charge in [-0.25, -0.2) is 13.2 Å². The smallest absolute Gasteiger partial charge is 0.315 e. The van der Waals surface area contributed by atoms with Gasteiger partial charge in [-0.2, -0.15) is 0 Å². The van der Waals surface area contributed by atoms with Crippen molar-refractivity contribution >= 4 is 39.4 Å². The number of piperidine rings is 1. The van der Waals surface area contributed by atoms with Crippen LogP contribution in [0.25, 0.3) is 0 Å². The first-order valence-electron chi connectivity index (χ1n) is 21.0. The van der Waals surface area contributed by atoms with Gasteiger partial charge in [0.25, 0.3) is 5.91 Å². The van der Waals surface area contributed by atoms with Crippen molar-refractivity contribution in [1.82, 2.24) is 26.2 Å². The molecule has 4 N–H and O–H groups in total. The highest BCUT2D eigenvalue weighted by molar-refractivity contribution is 7.92. The molecule has 4 aliphatic carbocycles. The van der Waals surface area contributed by atoms with E-state index in [-0.39, 0.29) is 47.8 Å². The van der Waals surface area contributed by atoms with Crippen molar-refractivity contribution in [3.05, 3.63) is 0 Å². The van der Waals surface area contributed by atoms with Crippen molar-refractivity contribution in [1.29, 1.82) is 0 Å². The van der Waals surface area contributed by atoms with Crippen LogP contribution < -0.4 is 21.3 Å². The monoisotopic (exact) mass is 785 g/mol. The third-order valence-corrected chi connectivity index (χ3v) is 17.4. The van der Waals surface area contributed by atoms with Gasteiger partial charge >= 0.3 is 6.03 Å². The zero-order valence-corrected chi connectivity index (χ0v) is 35.0. The van der Waals surface area contributed by atoms with E-state index in [2.05, 4.69) is 41.0 Å². The molecular formula is C42H67N5O7S. The number of fused-ring (bicyclic) bond motifs is 1. The molecule has 0 bridgehead atoms. The summed E-state index contributed by atoms with van der Waals surface area (Å²) in [5.41, 5.74) is -1.75. The predicted octanol–water partition coefficient (Wildman–Crippen LogP) is 4.80. The number of hydrogen-bond donors (Lipinski definition) is 4. The Balaban J connectivity index is 1.40. The van der Waals surface area contributed by atoms with E-state index in [4.69, 9.17) is 6.42 Å². The standard InChI is InChI=1S/C42H67N5O7S/c1-8-10-24-43-36(50)33(48)30(25-28-18-17-19-28)44-35(49)32-31-29(40(31,5)6)26-47(32)37(51)34(41(7)20-13-11-14-21-41)45-38(52)46-42(22-15-12-16-23-42)27-55(53,54)39(3,4)9-2/h1,28-32,34H,9-27H2,2-7H3,(H,43,50)(H,44,49)(H2,45,46,52)/t29-,30?,31?,32-,34+/m0/s1. The maximum atomic E-state index is 15.0. The Hall–Kier alpha value is -3.14. The summed E-state index contributed by atoms with van der Waals surface area (Å²) < 4.78 is 26.5. The lowest BCUT2D eigenvalue weighted by Gasteiger charge is -2.44. The molecule has 308 valence electrons. The second-order valence-corrected chi connectivity index (χ2v) is 21.6. The molecular weight excluding hydrogens is 719 g/mol. The Labute approximate surface area is 329 Å². The van der Waals surface area contributed by atoms with Crippen molar-refractivity contribution in [2.45, 2.75) is 173 Å². The van der Waals surface area contributed by atoms with Crippen molar-refractivity contribution in [3.8, 4) is 12.3 Å². The second-order valence-electron chi connectivity index (χ2n) is 19.0. The molecule has 5 aliphatic rings. The van der Waals surface area contributed by atoms with Gasteiger partial charge in [-0.05, 0) is 81.0 Å². The first-order chi connectivity index (χ1) is 25.8. The number of carbonyl (C=O) groups is 5. The van der Waals surface area contributed by atoms with Crippen LogP contribution >= 0.6 is 0 Å². The fourth-order valence-corrected chi connectivity index (χ4v) is 11.8. The lowest BCUT2D eigenvalue weighted by molar-refractivity contribution is -0.146. The summed E-state index contributed by atoms with van der Waals surface area (Å²) in [4.78, 5) is 71.6. The number of hydrogen-bond acceptors (Lipinski definition) is 7. The molecule has 0 aromatic carbocycles. The number of sulfone groups is 1. The van der Waals surface area contributed by atoms with Crippen LogP contribution in [0.5, 0.6) is 0 Å². The Morgan fingerprint density at radius 3 is 2.09 bits per heavy atom. The minimum absolute atomic E-state index is 0.0614. The molecule has 12 nitrogen and oxygen atoms in total. The molecule has 2 unspecified atom stereocenters. The molecule has 1 aliphatic heterocycles. The molecule has 5 rings (SSSR count). The molecule has 5 amide bonds. The topological polar surface area (TPSA) is 171 Å². The van der Waals surface area contributed by atoms with Crippen LogP contribution in [0.15, 0.2) is 0 Å². The summed E-state index contributed by atoms with van der Waals surface area (Å²) in [5.74, 6) is 0.108. The van der Waals surface area contributed by atoms with E-state index in [1.165, 1.54) is 0 Å². The number of nitrogens with zero attached hydrogens (tertiary/aromatic N) is 1. The van der Waals surface area contributed by atoms with Crippen LogP contribution in [-0.2, 0) is 29.0 Å². The zero-order valence-electron chi connectivity index (χ0n) is 34.2. The number of likely N-dealkylation sites (tertiary alicyclic amines) is 1. The first kappa shape index (κ1) is 43.0. The minimum Gasteiger partial charge on any atom is -0.348 e. The van der Waals surface area contributed by atoms with E-state index in [9.17, 15) is 27.6 Å². The number of nitrogens with one attached hydrogen (secondary N) is 4. The molecule has 4 saturated carbocycles. The lowest BCUT2D eigenvalue weighted by atomic mass is 9.70. The van der Waals surface area contributed by atoms with Crippen molar-refractivity contribution < 1.29 is 32.4 Å². The van der Waals surface area contributed by atoms with Crippen molar-refractivity contribution in [3.63, 3.8) is 0 Å². The van der Waals surface area contributed by atoms with E-state index < -0.39 is 67.3 Å². The van der Waals surface area contributed by atoms with Gasteiger partial charge in [0.15, 0.2) is 9.84 Å². The van der Waals surface area contributed by atoms with Gasteiger partial charge in [-0.1, -0.05) is 85.5 Å². The summed E-state index contributed by atoms with van der Waals surface area (Å²) >= 11 is 0. The highest BCUT2D eigenvalue weighted by Gasteiger charge is 2.70. The Bertz CT molecular complexity index is 1620. The fraction of sp³-hybridized carbons (Fsp3) is 0.833. The zero-order chi connectivity index (χ0) is 40.4. The lowest BCUT2D eigenvalue weighted by Crippen LogP contribution is -2.65. The number of ketones is 1. The van der Waals surface area contributed by atoms with Crippen molar-refractivity contribution in [2.24, 2.45) is 28.6 Å². The third kappa shape index (κ3) is 9.20. The molecule has 1 heterocycles. The number of carbonyl (C=O) groups excluding carboxylic acids is 5. The molecule has 5 atom stereocenters. The second kappa shape index (κ2) is 16.8. The SMILES string of the molecule is C#CCCNC(=O)C(=O)C(CC1CCC1)NC(=O)[C@@H]1C2[C@H](CN1C(=O)[C@@H](NC(=O)NC1(CS(=O)(=O)C(C)(C)CC)CCCCC1)C1(C)CCCCC1)C2(C)C. The number of urea groups is 1. The minimum atomic E-state index is -3.59. The average Bonchev–Trinajstić information content (AvgIpc) is 3.41. The molecule has 0 aromatic heterocycles. The summed E-state index contributed by atoms with van der Waals surface area (Å²) in [6.07, 6.45) is 17.1. The quantitative estimate of drug-likeness (QED) is 0.0990. The fourth-order valence-electron chi connectivity index (χ4n) is 9.93. The summed E-state index contributed by atoms with van der Waals surface area (Å²) in [7, 11) is -3.59. The normalized spacial score (nSPS) is 26.6. The maximum absolute atomic E-state index is 15.0. The van der Waals surface area contributed by atoms with Gasteiger partial charge in [0.2, 0.25) is 17.6 Å². The maximum Gasteiger partial charge on any atom is 0.315 e. The Morgan fingerprint density at radius 2 is 1.53 bits per heavy atom. The van der Waals surface area contributed by atoms with Gasteiger partial charge in [0, 0.05) is 19.5 Å². The van der Waals surface area contributed by atoms with E-state index in [1.54, 1.807) is 18.7 Å². The van der Waals surface area contributed by atoms with Gasteiger partial charge < -0.3 is 26.2 Å². The number of Topliss-reactive ketones (excluding diaryl/α,β-unsaturated/α-hetero) is 1. The van der Waals surface area contributed by atoms with Gasteiger partial charge in [0.05, 0.1) is 22.1 Å². The van der Waals surface area contributed by atoms with E-state index in [1.807, 2.05) is 13.8 Å². The Kier molecular flexibility index (Phi) is 13.1. The third-order valence-electron chi connectivity index (χ3n) is 14.5. The van der Waals surface area contributed by atoms with Crippen LogP contribution in [0, 0.1) is 40.9 Å². The highest BCUT2D eigenvalue weighted by atomic mass is 32.2. The molecule has 13 heteroatoms. The molecule has 0 spiro atoms. The van der Waals surface area contributed by atoms with Crippen LogP contribution in [0.3, 0.4) is 0 Å². The molecule has 0 aromatic rings. The highest BCUT2D eigenvalue weighted by Crippen LogP contribution is 2.65. The summed E-state index contributed by atoms with van der Waals surface area (Å²) in [6.45, 7) is 12.0. The summed E-state index contributed by atoms with van der Waals surface area (Å²) in [6, 6.07) is -3.43. The van der Waals surface area contributed by atoms with Crippen LogP contribution in [0.2, 0.25) is 0 Å².